The second-order valence-electron chi connectivity index (χ2n) is 5.87. The summed E-state index contributed by atoms with van der Waals surface area (Å²) in [5.41, 5.74) is 2.99. The number of hydrogen-bond acceptors (Lipinski definition) is 2. The monoisotopic (exact) mass is 348 g/mol. The van der Waals surface area contributed by atoms with Gasteiger partial charge in [0.05, 0.1) is 0 Å². The van der Waals surface area contributed by atoms with Crippen molar-refractivity contribution in [2.45, 2.75) is 6.92 Å². The smallest absolute Gasteiger partial charge is 0.255 e. The van der Waals surface area contributed by atoms with E-state index in [1.807, 2.05) is 31.2 Å². The quantitative estimate of drug-likeness (QED) is 0.722. The zero-order chi connectivity index (χ0) is 18.5. The van der Waals surface area contributed by atoms with Gasteiger partial charge in [0.15, 0.2) is 0 Å². The van der Waals surface area contributed by atoms with Gasteiger partial charge in [0.25, 0.3) is 11.8 Å². The topological polar surface area (TPSA) is 58.2 Å². The Balaban J connectivity index is 1.72. The Labute approximate surface area is 150 Å². The van der Waals surface area contributed by atoms with Gasteiger partial charge in [0.1, 0.15) is 5.82 Å². The number of rotatable bonds is 4. The first-order valence-corrected chi connectivity index (χ1v) is 8.06. The van der Waals surface area contributed by atoms with Crippen molar-refractivity contribution in [3.05, 3.63) is 95.3 Å². The van der Waals surface area contributed by atoms with Crippen LogP contribution in [0.5, 0.6) is 0 Å². The number of nitrogens with one attached hydrogen (secondary N) is 2. The van der Waals surface area contributed by atoms with E-state index in [2.05, 4.69) is 10.6 Å². The number of carbonyl (C=O) groups excluding carboxylic acids is 2. The van der Waals surface area contributed by atoms with E-state index in [-0.39, 0.29) is 11.8 Å². The Hall–Kier alpha value is -3.47. The molecule has 0 saturated carbocycles. The standard InChI is InChI=1S/C21H17FN2O2/c1-14-4-2-6-18(12-14)23-21(26)16-5-3-7-19(13-16)24-20(25)15-8-10-17(22)11-9-15/h2-13H,1H3,(H,23,26)(H,24,25). The van der Waals surface area contributed by atoms with Crippen molar-refractivity contribution < 1.29 is 14.0 Å². The number of anilines is 2. The van der Waals surface area contributed by atoms with Crippen molar-refractivity contribution in [1.29, 1.82) is 0 Å². The lowest BCUT2D eigenvalue weighted by Crippen LogP contribution is -2.14. The number of carbonyl (C=O) groups is 2. The predicted octanol–water partition coefficient (Wildman–Crippen LogP) is 4.64. The highest BCUT2D eigenvalue weighted by atomic mass is 19.1. The third-order valence-electron chi connectivity index (χ3n) is 3.76. The molecule has 0 bridgehead atoms. The van der Waals surface area contributed by atoms with Gasteiger partial charge in [-0.25, -0.2) is 4.39 Å². The third-order valence-corrected chi connectivity index (χ3v) is 3.76. The normalized spacial score (nSPS) is 10.2. The number of aryl methyl sites for hydroxylation is 1. The Morgan fingerprint density at radius 3 is 1.96 bits per heavy atom. The lowest BCUT2D eigenvalue weighted by molar-refractivity contribution is 0.101. The molecule has 0 saturated heterocycles. The first-order valence-electron chi connectivity index (χ1n) is 8.06. The van der Waals surface area contributed by atoms with Crippen molar-refractivity contribution >= 4 is 23.2 Å². The van der Waals surface area contributed by atoms with Gasteiger partial charge in [-0.15, -0.1) is 0 Å². The molecule has 0 aliphatic carbocycles. The van der Waals surface area contributed by atoms with Crippen molar-refractivity contribution in [2.75, 3.05) is 10.6 Å². The molecule has 0 aliphatic heterocycles. The predicted molar refractivity (Wildman–Crippen MR) is 99.9 cm³/mol. The van der Waals surface area contributed by atoms with Crippen LogP contribution in [0.25, 0.3) is 0 Å². The highest BCUT2D eigenvalue weighted by Gasteiger charge is 2.10. The maximum Gasteiger partial charge on any atom is 0.255 e. The maximum absolute atomic E-state index is 12.9. The number of halogens is 1. The highest BCUT2D eigenvalue weighted by molar-refractivity contribution is 6.07. The highest BCUT2D eigenvalue weighted by Crippen LogP contribution is 2.16. The van der Waals surface area contributed by atoms with Gasteiger partial charge < -0.3 is 10.6 Å². The van der Waals surface area contributed by atoms with Crippen LogP contribution in [0.2, 0.25) is 0 Å². The molecule has 0 heterocycles. The fourth-order valence-corrected chi connectivity index (χ4v) is 2.47. The largest absolute Gasteiger partial charge is 0.322 e. The number of amides is 2. The summed E-state index contributed by atoms with van der Waals surface area (Å²) < 4.78 is 12.9. The average molecular weight is 348 g/mol. The van der Waals surface area contributed by atoms with Crippen LogP contribution >= 0.6 is 0 Å². The first-order chi connectivity index (χ1) is 12.5. The fourth-order valence-electron chi connectivity index (χ4n) is 2.47. The van der Waals surface area contributed by atoms with Crippen LogP contribution in [0.15, 0.2) is 72.8 Å². The molecule has 3 rings (SSSR count). The molecule has 0 radical (unpaired) electrons. The molecule has 0 aromatic heterocycles. The van der Waals surface area contributed by atoms with Crippen LogP contribution in [0.3, 0.4) is 0 Å². The van der Waals surface area contributed by atoms with Crippen LogP contribution in [-0.4, -0.2) is 11.8 Å². The molecule has 2 N–H and O–H groups in total. The van der Waals surface area contributed by atoms with Crippen molar-refractivity contribution in [3.8, 4) is 0 Å². The molecule has 26 heavy (non-hydrogen) atoms. The molecule has 0 aliphatic rings. The molecule has 0 spiro atoms. The van der Waals surface area contributed by atoms with Crippen molar-refractivity contribution in [1.82, 2.24) is 0 Å². The average Bonchev–Trinajstić information content (AvgIpc) is 2.62. The van der Waals surface area contributed by atoms with Gasteiger partial charge in [0.2, 0.25) is 0 Å². The molecule has 0 fully saturated rings. The summed E-state index contributed by atoms with van der Waals surface area (Å²) in [6, 6.07) is 19.4. The van der Waals surface area contributed by atoms with Gasteiger partial charge in [-0.3, -0.25) is 9.59 Å². The first kappa shape index (κ1) is 17.4. The molecule has 0 atom stereocenters. The lowest BCUT2D eigenvalue weighted by atomic mass is 10.1. The molecule has 3 aromatic carbocycles. The van der Waals surface area contributed by atoms with Crippen LogP contribution in [0.4, 0.5) is 15.8 Å². The van der Waals surface area contributed by atoms with Gasteiger partial charge in [0, 0.05) is 22.5 Å². The van der Waals surface area contributed by atoms with E-state index in [0.29, 0.717) is 22.5 Å². The van der Waals surface area contributed by atoms with Crippen molar-refractivity contribution in [3.63, 3.8) is 0 Å². The van der Waals surface area contributed by atoms with Gasteiger partial charge in [-0.2, -0.15) is 0 Å². The van der Waals surface area contributed by atoms with E-state index >= 15 is 0 Å². The molecule has 0 unspecified atom stereocenters. The van der Waals surface area contributed by atoms with Gasteiger partial charge in [-0.1, -0.05) is 18.2 Å². The summed E-state index contributed by atoms with van der Waals surface area (Å²) in [4.78, 5) is 24.6. The zero-order valence-electron chi connectivity index (χ0n) is 14.1. The summed E-state index contributed by atoms with van der Waals surface area (Å²) in [6.07, 6.45) is 0. The SMILES string of the molecule is Cc1cccc(NC(=O)c2cccc(NC(=O)c3ccc(F)cc3)c2)c1. The zero-order valence-corrected chi connectivity index (χ0v) is 14.1. The molecule has 4 nitrogen and oxygen atoms in total. The molecular formula is C21H17FN2O2. The van der Waals surface area contributed by atoms with Crippen LogP contribution < -0.4 is 10.6 Å². The van der Waals surface area contributed by atoms with E-state index in [4.69, 9.17) is 0 Å². The third kappa shape index (κ3) is 4.33. The second-order valence-corrected chi connectivity index (χ2v) is 5.87. The van der Waals surface area contributed by atoms with Gasteiger partial charge in [-0.05, 0) is 67.1 Å². The van der Waals surface area contributed by atoms with Crippen molar-refractivity contribution in [2.24, 2.45) is 0 Å². The maximum atomic E-state index is 12.9. The second kappa shape index (κ2) is 7.61. The van der Waals surface area contributed by atoms with Crippen LogP contribution in [-0.2, 0) is 0 Å². The molecular weight excluding hydrogens is 331 g/mol. The summed E-state index contributed by atoms with van der Waals surface area (Å²) in [6.45, 7) is 1.95. The van der Waals surface area contributed by atoms with Crippen LogP contribution in [0, 0.1) is 12.7 Å². The molecule has 2 amide bonds. The summed E-state index contributed by atoms with van der Waals surface area (Å²) >= 11 is 0. The van der Waals surface area contributed by atoms with Gasteiger partial charge >= 0.3 is 0 Å². The minimum absolute atomic E-state index is 0.270. The van der Waals surface area contributed by atoms with Crippen LogP contribution in [0.1, 0.15) is 26.3 Å². The minimum Gasteiger partial charge on any atom is -0.322 e. The van der Waals surface area contributed by atoms with E-state index in [1.54, 1.807) is 24.3 Å². The summed E-state index contributed by atoms with van der Waals surface area (Å²) in [7, 11) is 0. The summed E-state index contributed by atoms with van der Waals surface area (Å²) in [5, 5.41) is 5.53. The van der Waals surface area contributed by atoms with E-state index in [9.17, 15) is 14.0 Å². The number of hydrogen-bond donors (Lipinski definition) is 2. The number of benzene rings is 3. The fraction of sp³-hybridized carbons (Fsp3) is 0.0476. The van der Waals surface area contributed by atoms with E-state index < -0.39 is 5.82 Å². The molecule has 5 heteroatoms. The summed E-state index contributed by atoms with van der Waals surface area (Å²) in [5.74, 6) is -1.05. The Kier molecular flexibility index (Phi) is 5.08. The minimum atomic E-state index is -0.406. The Morgan fingerprint density at radius 2 is 1.31 bits per heavy atom. The lowest BCUT2D eigenvalue weighted by Gasteiger charge is -2.09. The molecule has 3 aromatic rings. The van der Waals surface area contributed by atoms with E-state index in [0.717, 1.165) is 5.56 Å². The Morgan fingerprint density at radius 1 is 0.731 bits per heavy atom. The molecule has 130 valence electrons. The Bertz CT molecular complexity index is 952. The van der Waals surface area contributed by atoms with E-state index in [1.165, 1.54) is 24.3 Å².